The molecule has 0 heterocycles. The van der Waals surface area contributed by atoms with Gasteiger partial charge in [0.1, 0.15) is 6.29 Å². The van der Waals surface area contributed by atoms with Crippen LogP contribution in [0.25, 0.3) is 0 Å². The van der Waals surface area contributed by atoms with E-state index in [1.807, 2.05) is 32.1 Å². The average molecular weight is 487 g/mol. The number of carbonyl (C=O) groups is 1. The van der Waals surface area contributed by atoms with Crippen molar-refractivity contribution in [2.24, 2.45) is 17.3 Å². The highest BCUT2D eigenvalue weighted by Gasteiger charge is 2.63. The lowest BCUT2D eigenvalue weighted by molar-refractivity contribution is -0.167. The number of carbonyl (C=O) groups excluding carboxylic acids is 1. The minimum atomic E-state index is -1.09. The van der Waals surface area contributed by atoms with Gasteiger partial charge in [0.25, 0.3) is 0 Å². The molecule has 2 saturated carbocycles. The molecule has 0 unspecified atom stereocenters. The zero-order valence-electron chi connectivity index (χ0n) is 22.1. The summed E-state index contributed by atoms with van der Waals surface area (Å²) < 4.78 is 0. The molecule has 5 nitrogen and oxygen atoms in total. The topological polar surface area (TPSA) is 98.0 Å². The number of allylic oxidation sites excluding steroid dienone is 7. The third-order valence-electron chi connectivity index (χ3n) is 8.38. The van der Waals surface area contributed by atoms with Crippen LogP contribution in [0, 0.1) is 17.3 Å². The number of rotatable bonds is 11. The van der Waals surface area contributed by atoms with Crippen LogP contribution in [0.5, 0.6) is 0 Å². The molecule has 196 valence electrons. The molecule has 0 aliphatic heterocycles. The Labute approximate surface area is 211 Å². The lowest BCUT2D eigenvalue weighted by atomic mass is 9.52. The summed E-state index contributed by atoms with van der Waals surface area (Å²) in [4.78, 5) is 11.7. The van der Waals surface area contributed by atoms with Crippen LogP contribution in [0.1, 0.15) is 79.1 Å². The Hall–Kier alpha value is -1.79. The van der Waals surface area contributed by atoms with E-state index in [1.165, 1.54) is 5.57 Å². The van der Waals surface area contributed by atoms with Gasteiger partial charge in [-0.05, 0) is 102 Å². The van der Waals surface area contributed by atoms with E-state index in [9.17, 15) is 25.2 Å². The first kappa shape index (κ1) is 29.4. The fourth-order valence-corrected chi connectivity index (χ4v) is 6.35. The van der Waals surface area contributed by atoms with Crippen LogP contribution in [0.15, 0.2) is 58.7 Å². The number of hydrogen-bond acceptors (Lipinski definition) is 5. The molecule has 5 atom stereocenters. The lowest BCUT2D eigenvalue weighted by Gasteiger charge is -2.55. The minimum Gasteiger partial charge on any atom is -0.396 e. The van der Waals surface area contributed by atoms with Crippen molar-refractivity contribution < 1.29 is 25.2 Å². The predicted octanol–water partition coefficient (Wildman–Crippen LogP) is 4.97. The van der Waals surface area contributed by atoms with Crippen molar-refractivity contribution >= 4 is 6.29 Å². The monoisotopic (exact) mass is 486 g/mol. The SMILES string of the molecule is C=C(/C=C/C=C(\CO)CCC=C(C)C)[C@@H]1CC[C@]2([C@H](CCCO)/C(=C(/C)C=O)CC[C@]2(C)O)[C@H]1O. The Kier molecular flexibility index (Phi) is 10.9. The Morgan fingerprint density at radius 3 is 2.51 bits per heavy atom. The van der Waals surface area contributed by atoms with Crippen LogP contribution in [-0.2, 0) is 4.79 Å². The maximum absolute atomic E-state index is 11.7. The number of hydrogen-bond donors (Lipinski definition) is 4. The Bertz CT molecular complexity index is 871. The molecular formula is C30H46O5. The number of aliphatic hydroxyl groups excluding tert-OH is 3. The molecular weight excluding hydrogens is 440 g/mol. The van der Waals surface area contributed by atoms with Gasteiger partial charge < -0.3 is 20.4 Å². The van der Waals surface area contributed by atoms with Crippen LogP contribution >= 0.6 is 0 Å². The van der Waals surface area contributed by atoms with E-state index >= 15 is 0 Å². The zero-order valence-corrected chi connectivity index (χ0v) is 22.1. The third kappa shape index (κ3) is 6.51. The van der Waals surface area contributed by atoms with E-state index in [-0.39, 0.29) is 25.0 Å². The first-order valence-electron chi connectivity index (χ1n) is 13.0. The summed E-state index contributed by atoms with van der Waals surface area (Å²) >= 11 is 0. The predicted molar refractivity (Wildman–Crippen MR) is 142 cm³/mol. The van der Waals surface area contributed by atoms with Gasteiger partial charge in [-0.15, -0.1) is 0 Å². The van der Waals surface area contributed by atoms with E-state index in [2.05, 4.69) is 26.5 Å². The number of aliphatic hydroxyl groups is 4. The van der Waals surface area contributed by atoms with E-state index < -0.39 is 17.1 Å². The zero-order chi connectivity index (χ0) is 26.2. The second kappa shape index (κ2) is 13.0. The fourth-order valence-electron chi connectivity index (χ4n) is 6.35. The lowest BCUT2D eigenvalue weighted by Crippen LogP contribution is -2.59. The standard InChI is InChI=1S/C30H46O5/c1-21(2)9-6-11-24(20-33)12-7-10-22(3)26-15-17-30(28(26)34)27(13-8-18-31)25(23(4)19-32)14-16-29(30,5)35/h7,9-10,12,19,26-28,31,33-35H,3,6,8,11,13-18,20H2,1-2,4-5H3/b10-7+,24-12-,25-23-/t26-,27+,28-,29-,30-/m0/s1. The summed E-state index contributed by atoms with van der Waals surface area (Å²) in [6.45, 7) is 12.0. The van der Waals surface area contributed by atoms with Gasteiger partial charge in [0.05, 0.1) is 18.3 Å². The van der Waals surface area contributed by atoms with Crippen molar-refractivity contribution in [3.05, 3.63) is 58.7 Å². The normalized spacial score (nSPS) is 32.8. The first-order chi connectivity index (χ1) is 16.6. The van der Waals surface area contributed by atoms with Gasteiger partial charge in [-0.1, -0.05) is 42.0 Å². The third-order valence-corrected chi connectivity index (χ3v) is 8.38. The molecule has 2 aliphatic carbocycles. The summed E-state index contributed by atoms with van der Waals surface area (Å²) in [5.41, 5.74) is 2.79. The molecule has 0 amide bonds. The molecule has 0 aromatic heterocycles. The minimum absolute atomic E-state index is 0.00316. The quantitative estimate of drug-likeness (QED) is 0.143. The highest BCUT2D eigenvalue weighted by Crippen LogP contribution is 2.62. The van der Waals surface area contributed by atoms with Gasteiger partial charge in [0.2, 0.25) is 0 Å². The van der Waals surface area contributed by atoms with Gasteiger partial charge in [0, 0.05) is 17.9 Å². The van der Waals surface area contributed by atoms with Crippen molar-refractivity contribution in [2.45, 2.75) is 90.8 Å². The molecule has 0 aromatic carbocycles. The van der Waals surface area contributed by atoms with E-state index in [1.54, 1.807) is 0 Å². The van der Waals surface area contributed by atoms with Crippen LogP contribution < -0.4 is 0 Å². The van der Waals surface area contributed by atoms with Gasteiger partial charge >= 0.3 is 0 Å². The molecule has 5 heteroatoms. The van der Waals surface area contributed by atoms with Gasteiger partial charge in [0.15, 0.2) is 0 Å². The van der Waals surface area contributed by atoms with E-state index in [4.69, 9.17) is 0 Å². The Balaban J connectivity index is 2.30. The molecule has 0 radical (unpaired) electrons. The van der Waals surface area contributed by atoms with E-state index in [0.717, 1.165) is 35.8 Å². The van der Waals surface area contributed by atoms with Crippen molar-refractivity contribution in [2.75, 3.05) is 13.2 Å². The molecule has 1 spiro atoms. The maximum Gasteiger partial charge on any atom is 0.145 e. The van der Waals surface area contributed by atoms with Gasteiger partial charge in [-0.2, -0.15) is 0 Å². The molecule has 2 fully saturated rings. The largest absolute Gasteiger partial charge is 0.396 e. The van der Waals surface area contributed by atoms with Gasteiger partial charge in [-0.25, -0.2) is 0 Å². The summed E-state index contributed by atoms with van der Waals surface area (Å²) in [5.74, 6) is -0.377. The molecule has 0 aromatic rings. The van der Waals surface area contributed by atoms with Crippen LogP contribution in [0.3, 0.4) is 0 Å². The van der Waals surface area contributed by atoms with Crippen LogP contribution in [-0.4, -0.2) is 51.6 Å². The second-order valence-electron chi connectivity index (χ2n) is 10.9. The van der Waals surface area contributed by atoms with Crippen LogP contribution in [0.4, 0.5) is 0 Å². The van der Waals surface area contributed by atoms with Crippen molar-refractivity contribution in [3.63, 3.8) is 0 Å². The summed E-state index contributed by atoms with van der Waals surface area (Å²) in [5, 5.41) is 42.6. The molecule has 2 rings (SSSR count). The molecule has 0 bridgehead atoms. The molecule has 35 heavy (non-hydrogen) atoms. The van der Waals surface area contributed by atoms with Crippen molar-refractivity contribution in [3.8, 4) is 0 Å². The van der Waals surface area contributed by atoms with Crippen LogP contribution in [0.2, 0.25) is 0 Å². The molecule has 0 saturated heterocycles. The summed E-state index contributed by atoms with van der Waals surface area (Å²) in [6.07, 6.45) is 13.2. The highest BCUT2D eigenvalue weighted by molar-refractivity contribution is 5.74. The second-order valence-corrected chi connectivity index (χ2v) is 10.9. The maximum atomic E-state index is 11.7. The molecule has 2 aliphatic rings. The Morgan fingerprint density at radius 1 is 1.20 bits per heavy atom. The molecule has 4 N–H and O–H groups in total. The smallest absolute Gasteiger partial charge is 0.145 e. The average Bonchev–Trinajstić information content (AvgIpc) is 3.16. The van der Waals surface area contributed by atoms with Crippen molar-refractivity contribution in [1.82, 2.24) is 0 Å². The summed E-state index contributed by atoms with van der Waals surface area (Å²) in [6, 6.07) is 0. The number of aldehydes is 1. The highest BCUT2D eigenvalue weighted by atomic mass is 16.3. The first-order valence-corrected chi connectivity index (χ1v) is 13.0. The van der Waals surface area contributed by atoms with E-state index in [0.29, 0.717) is 44.1 Å². The Morgan fingerprint density at radius 2 is 1.91 bits per heavy atom. The summed E-state index contributed by atoms with van der Waals surface area (Å²) in [7, 11) is 0. The van der Waals surface area contributed by atoms with Crippen molar-refractivity contribution in [1.29, 1.82) is 0 Å². The van der Waals surface area contributed by atoms with Gasteiger partial charge in [-0.3, -0.25) is 4.79 Å². The fraction of sp³-hybridized carbons (Fsp3) is 0.633.